The Morgan fingerprint density at radius 2 is 2.32 bits per heavy atom. The van der Waals surface area contributed by atoms with Crippen LogP contribution in [0.1, 0.15) is 11.6 Å². The molecule has 1 aromatic rings. The van der Waals surface area contributed by atoms with E-state index in [0.717, 1.165) is 0 Å². The maximum absolute atomic E-state index is 13.5. The molecule has 1 fully saturated rings. The minimum absolute atomic E-state index is 0.176. The predicted molar refractivity (Wildman–Crippen MR) is 76.5 cm³/mol. The molecule has 1 aliphatic heterocycles. The second-order valence-electron chi connectivity index (χ2n) is 5.02. The summed E-state index contributed by atoms with van der Waals surface area (Å²) >= 11 is 0. The average molecular weight is 310 g/mol. The fraction of sp³-hybridized carbons (Fsp3) is 0.467. The fourth-order valence-corrected chi connectivity index (χ4v) is 2.40. The number of hydrogen-bond acceptors (Lipinski definition) is 4. The van der Waals surface area contributed by atoms with Crippen molar-refractivity contribution in [2.75, 3.05) is 33.9 Å². The van der Waals surface area contributed by atoms with E-state index in [0.29, 0.717) is 18.7 Å². The van der Waals surface area contributed by atoms with Gasteiger partial charge in [0.05, 0.1) is 12.6 Å². The van der Waals surface area contributed by atoms with Crippen LogP contribution in [0.2, 0.25) is 0 Å². The molecule has 0 spiro atoms. The third-order valence-electron chi connectivity index (χ3n) is 3.54. The summed E-state index contributed by atoms with van der Waals surface area (Å²) in [6.07, 6.45) is -0.888. The molecule has 6 nitrogen and oxygen atoms in total. The first-order chi connectivity index (χ1) is 10.5. The summed E-state index contributed by atoms with van der Waals surface area (Å²) in [7, 11) is 3.11. The molecule has 7 heteroatoms. The van der Waals surface area contributed by atoms with Gasteiger partial charge in [-0.2, -0.15) is 0 Å². The summed E-state index contributed by atoms with van der Waals surface area (Å²) < 4.78 is 23.7. The van der Waals surface area contributed by atoms with Crippen molar-refractivity contribution in [1.82, 2.24) is 10.2 Å². The van der Waals surface area contributed by atoms with E-state index >= 15 is 0 Å². The van der Waals surface area contributed by atoms with Gasteiger partial charge in [0, 0.05) is 20.7 Å². The Labute approximate surface area is 128 Å². The molecule has 0 saturated carbocycles. The summed E-state index contributed by atoms with van der Waals surface area (Å²) in [4.78, 5) is 25.5. The largest absolute Gasteiger partial charge is 0.383 e. The van der Waals surface area contributed by atoms with Crippen molar-refractivity contribution in [3.63, 3.8) is 0 Å². The number of nitrogens with one attached hydrogen (secondary N) is 1. The van der Waals surface area contributed by atoms with Gasteiger partial charge in [-0.25, -0.2) is 4.39 Å². The maximum atomic E-state index is 13.5. The monoisotopic (exact) mass is 310 g/mol. The van der Waals surface area contributed by atoms with E-state index in [2.05, 4.69) is 5.32 Å². The van der Waals surface area contributed by atoms with E-state index in [1.807, 2.05) is 0 Å². The van der Waals surface area contributed by atoms with Crippen LogP contribution in [0.5, 0.6) is 0 Å². The summed E-state index contributed by atoms with van der Waals surface area (Å²) in [5, 5.41) is 2.68. The molecule has 2 amide bonds. The van der Waals surface area contributed by atoms with Crippen molar-refractivity contribution >= 4 is 11.8 Å². The lowest BCUT2D eigenvalue weighted by molar-refractivity contribution is -0.162. The molecule has 2 unspecified atom stereocenters. The Morgan fingerprint density at radius 3 is 3.00 bits per heavy atom. The molecule has 0 aromatic heterocycles. The van der Waals surface area contributed by atoms with Crippen molar-refractivity contribution < 1.29 is 23.5 Å². The van der Waals surface area contributed by atoms with E-state index in [-0.39, 0.29) is 18.4 Å². The van der Waals surface area contributed by atoms with Crippen LogP contribution in [-0.2, 0) is 19.1 Å². The number of methoxy groups -OCH3 is 1. The second kappa shape index (κ2) is 7.33. The van der Waals surface area contributed by atoms with Crippen molar-refractivity contribution in [3.8, 4) is 0 Å². The summed E-state index contributed by atoms with van der Waals surface area (Å²) in [5.74, 6) is -1.04. The number of hydrogen-bond donors (Lipinski definition) is 1. The summed E-state index contributed by atoms with van der Waals surface area (Å²) in [6.45, 7) is 0.533. The number of morpholine rings is 1. The Hall–Kier alpha value is -1.99. The summed E-state index contributed by atoms with van der Waals surface area (Å²) in [6, 6.07) is 5.15. The van der Waals surface area contributed by atoms with Gasteiger partial charge in [-0.3, -0.25) is 9.59 Å². The highest BCUT2D eigenvalue weighted by Gasteiger charge is 2.39. The standard InChI is InChI=1S/C15H19FN2O4/c1-18-12(19)9-22-14(15(20)17-6-7-21-2)13(18)10-4-3-5-11(16)8-10/h3-5,8,13-14H,6-7,9H2,1-2H3,(H,17,20). The topological polar surface area (TPSA) is 67.9 Å². The van der Waals surface area contributed by atoms with Gasteiger partial charge in [0.2, 0.25) is 5.91 Å². The van der Waals surface area contributed by atoms with Crippen LogP contribution in [0.25, 0.3) is 0 Å². The van der Waals surface area contributed by atoms with Crippen molar-refractivity contribution in [1.29, 1.82) is 0 Å². The fourth-order valence-electron chi connectivity index (χ4n) is 2.40. The van der Waals surface area contributed by atoms with Crippen LogP contribution < -0.4 is 5.32 Å². The van der Waals surface area contributed by atoms with Crippen LogP contribution in [0.4, 0.5) is 4.39 Å². The second-order valence-corrected chi connectivity index (χ2v) is 5.02. The number of carbonyl (C=O) groups is 2. The highest BCUT2D eigenvalue weighted by atomic mass is 19.1. The highest BCUT2D eigenvalue weighted by molar-refractivity contribution is 5.86. The quantitative estimate of drug-likeness (QED) is 0.804. The zero-order valence-electron chi connectivity index (χ0n) is 12.5. The molecule has 0 aliphatic carbocycles. The van der Waals surface area contributed by atoms with Gasteiger partial charge in [-0.15, -0.1) is 0 Å². The normalized spacial score (nSPS) is 21.8. The minimum atomic E-state index is -0.888. The number of ether oxygens (including phenoxy) is 2. The molecule has 1 saturated heterocycles. The molecule has 2 atom stereocenters. The number of nitrogens with zero attached hydrogens (tertiary/aromatic N) is 1. The third-order valence-corrected chi connectivity index (χ3v) is 3.54. The zero-order chi connectivity index (χ0) is 16.1. The van der Waals surface area contributed by atoms with E-state index < -0.39 is 18.0 Å². The number of rotatable bonds is 5. The summed E-state index contributed by atoms with van der Waals surface area (Å²) in [5.41, 5.74) is 0.516. The molecular formula is C15H19FN2O4. The van der Waals surface area contributed by atoms with Gasteiger partial charge in [0.1, 0.15) is 12.4 Å². The molecule has 1 aromatic carbocycles. The smallest absolute Gasteiger partial charge is 0.251 e. The lowest BCUT2D eigenvalue weighted by atomic mass is 9.97. The van der Waals surface area contributed by atoms with E-state index in [1.54, 1.807) is 13.1 Å². The van der Waals surface area contributed by atoms with Gasteiger partial charge in [0.15, 0.2) is 6.10 Å². The Bertz CT molecular complexity index is 552. The van der Waals surface area contributed by atoms with Gasteiger partial charge in [-0.1, -0.05) is 12.1 Å². The molecule has 0 bridgehead atoms. The van der Waals surface area contributed by atoms with E-state index in [4.69, 9.17) is 9.47 Å². The van der Waals surface area contributed by atoms with Gasteiger partial charge in [0.25, 0.3) is 5.91 Å². The van der Waals surface area contributed by atoms with Crippen LogP contribution in [0.15, 0.2) is 24.3 Å². The minimum Gasteiger partial charge on any atom is -0.383 e. The molecule has 22 heavy (non-hydrogen) atoms. The maximum Gasteiger partial charge on any atom is 0.251 e. The number of amides is 2. The van der Waals surface area contributed by atoms with Crippen molar-refractivity contribution in [3.05, 3.63) is 35.6 Å². The SMILES string of the molecule is COCCNC(=O)C1OCC(=O)N(C)C1c1cccc(F)c1. The molecule has 1 heterocycles. The average Bonchev–Trinajstić information content (AvgIpc) is 2.50. The number of halogens is 1. The first-order valence-corrected chi connectivity index (χ1v) is 6.94. The van der Waals surface area contributed by atoms with Gasteiger partial charge < -0.3 is 19.7 Å². The molecule has 1 aliphatic rings. The highest BCUT2D eigenvalue weighted by Crippen LogP contribution is 2.29. The van der Waals surface area contributed by atoms with Crippen LogP contribution in [-0.4, -0.2) is 56.7 Å². The van der Waals surface area contributed by atoms with E-state index in [1.165, 1.54) is 30.2 Å². The number of carbonyl (C=O) groups excluding carboxylic acids is 2. The first-order valence-electron chi connectivity index (χ1n) is 6.94. The van der Waals surface area contributed by atoms with E-state index in [9.17, 15) is 14.0 Å². The lowest BCUT2D eigenvalue weighted by Crippen LogP contribution is -2.53. The van der Waals surface area contributed by atoms with Crippen LogP contribution in [0.3, 0.4) is 0 Å². The Balaban J connectivity index is 2.22. The molecular weight excluding hydrogens is 291 g/mol. The van der Waals surface area contributed by atoms with Crippen molar-refractivity contribution in [2.45, 2.75) is 12.1 Å². The molecule has 1 N–H and O–H groups in total. The van der Waals surface area contributed by atoms with Crippen LogP contribution >= 0.6 is 0 Å². The Kier molecular flexibility index (Phi) is 5.46. The molecule has 120 valence electrons. The predicted octanol–water partition coefficient (Wildman–Crippen LogP) is 0.487. The number of benzene rings is 1. The van der Waals surface area contributed by atoms with Gasteiger partial charge >= 0.3 is 0 Å². The molecule has 0 radical (unpaired) electrons. The van der Waals surface area contributed by atoms with Crippen LogP contribution in [0, 0.1) is 5.82 Å². The van der Waals surface area contributed by atoms with Gasteiger partial charge in [-0.05, 0) is 17.7 Å². The molecule has 2 rings (SSSR count). The zero-order valence-corrected chi connectivity index (χ0v) is 12.5. The lowest BCUT2D eigenvalue weighted by Gasteiger charge is -2.38. The Morgan fingerprint density at radius 1 is 1.55 bits per heavy atom. The number of likely N-dealkylation sites (N-methyl/N-ethyl adjacent to an activating group) is 1. The third kappa shape index (κ3) is 3.61. The van der Waals surface area contributed by atoms with Crippen molar-refractivity contribution in [2.24, 2.45) is 0 Å². The first kappa shape index (κ1) is 16.4.